The van der Waals surface area contributed by atoms with Crippen LogP contribution in [-0.2, 0) is 4.74 Å². The lowest BCUT2D eigenvalue weighted by atomic mass is 10.2. The molecule has 0 N–H and O–H groups in total. The summed E-state index contributed by atoms with van der Waals surface area (Å²) in [6.45, 7) is 6.98. The van der Waals surface area contributed by atoms with Crippen molar-refractivity contribution in [3.63, 3.8) is 0 Å². The molecule has 2 rings (SSSR count). The maximum Gasteiger partial charge on any atom is 0.338 e. The summed E-state index contributed by atoms with van der Waals surface area (Å²) in [5.74, 6) is -0.257. The van der Waals surface area contributed by atoms with E-state index in [2.05, 4.69) is 32.8 Å². The van der Waals surface area contributed by atoms with E-state index in [9.17, 15) is 4.79 Å². The number of hydrogen-bond donors (Lipinski definition) is 0. The molecule has 1 aromatic rings. The predicted molar refractivity (Wildman–Crippen MR) is 83.0 cm³/mol. The normalized spacial score (nSPS) is 17.9. The van der Waals surface area contributed by atoms with Crippen LogP contribution in [0.3, 0.4) is 0 Å². The third-order valence-electron chi connectivity index (χ3n) is 3.48. The van der Waals surface area contributed by atoms with E-state index in [1.807, 2.05) is 19.1 Å². The van der Waals surface area contributed by atoms with Crippen LogP contribution in [0.25, 0.3) is 0 Å². The van der Waals surface area contributed by atoms with Crippen molar-refractivity contribution in [2.45, 2.75) is 13.0 Å². The first kappa shape index (κ1) is 18.4. The molecule has 1 saturated heterocycles. The molecule has 0 bridgehead atoms. The first-order valence-electron chi connectivity index (χ1n) is 6.92. The summed E-state index contributed by atoms with van der Waals surface area (Å²) in [5.41, 5.74) is 0.588. The van der Waals surface area contributed by atoms with Gasteiger partial charge in [-0.05, 0) is 32.2 Å². The summed E-state index contributed by atoms with van der Waals surface area (Å²) < 4.78 is 6.39. The number of carbonyl (C=O) groups excluding carboxylic acids is 1. The number of nitrogens with zero attached hydrogens (tertiary/aromatic N) is 2. The van der Waals surface area contributed by atoms with Gasteiger partial charge in [-0.1, -0.05) is 22.0 Å². The monoisotopic (exact) mass is 375 g/mol. The van der Waals surface area contributed by atoms with Crippen LogP contribution in [-0.4, -0.2) is 61.6 Å². The van der Waals surface area contributed by atoms with Gasteiger partial charge in [0.25, 0.3) is 0 Å². The quantitative estimate of drug-likeness (QED) is 0.647. The summed E-state index contributed by atoms with van der Waals surface area (Å²) in [4.78, 5) is 16.7. The Morgan fingerprint density at radius 3 is 2.62 bits per heavy atom. The summed E-state index contributed by atoms with van der Waals surface area (Å²) in [5, 5.41) is 0. The van der Waals surface area contributed by atoms with Gasteiger partial charge in [0.1, 0.15) is 6.10 Å². The Morgan fingerprint density at radius 1 is 1.33 bits per heavy atom. The molecule has 4 nitrogen and oxygen atoms in total. The average molecular weight is 377 g/mol. The van der Waals surface area contributed by atoms with E-state index in [0.29, 0.717) is 5.56 Å². The van der Waals surface area contributed by atoms with Crippen LogP contribution in [0, 0.1) is 0 Å². The number of carbonyl (C=O) groups is 1. The highest BCUT2D eigenvalue weighted by Gasteiger charge is 2.18. The summed E-state index contributed by atoms with van der Waals surface area (Å²) in [6, 6.07) is 7.29. The maximum absolute atomic E-state index is 12.0. The lowest BCUT2D eigenvalue weighted by Gasteiger charge is -2.33. The van der Waals surface area contributed by atoms with Crippen LogP contribution in [0.15, 0.2) is 28.7 Å². The molecule has 21 heavy (non-hydrogen) atoms. The Balaban J connectivity index is 0.00000220. The first-order chi connectivity index (χ1) is 9.54. The van der Waals surface area contributed by atoms with Crippen molar-refractivity contribution in [2.24, 2.45) is 0 Å². The highest BCUT2D eigenvalue weighted by Crippen LogP contribution is 2.13. The number of hydrogen-bond acceptors (Lipinski definition) is 4. The minimum Gasteiger partial charge on any atom is -1.00 e. The predicted octanol–water partition coefficient (Wildman–Crippen LogP) is -0.754. The molecule has 1 aromatic carbocycles. The topological polar surface area (TPSA) is 32.8 Å². The second-order valence-corrected chi connectivity index (χ2v) is 6.25. The summed E-state index contributed by atoms with van der Waals surface area (Å²) >= 11 is 3.36. The van der Waals surface area contributed by atoms with Gasteiger partial charge in [0.15, 0.2) is 0 Å². The van der Waals surface area contributed by atoms with Gasteiger partial charge in [-0.3, -0.25) is 4.90 Å². The molecule has 0 aromatic heterocycles. The zero-order valence-corrected chi connectivity index (χ0v) is 14.7. The number of ether oxygens (including phenoxy) is 1. The van der Waals surface area contributed by atoms with Crippen LogP contribution in [0.2, 0.25) is 0 Å². The molecule has 6 heteroatoms. The van der Waals surface area contributed by atoms with Gasteiger partial charge in [-0.25, -0.2) is 4.79 Å². The van der Waals surface area contributed by atoms with E-state index in [1.54, 1.807) is 12.1 Å². The lowest BCUT2D eigenvalue weighted by Crippen LogP contribution is -3.00. The standard InChI is InChI=1S/C15H21BrN2O2.ClH/c1-12(11-18-8-6-17(2)7-9-18)20-15(19)13-4-3-5-14(16)10-13;/h3-5,10,12H,6-9,11H2,1-2H3;1H/p-1. The number of benzene rings is 1. The molecule has 0 aliphatic carbocycles. The zero-order chi connectivity index (χ0) is 14.5. The molecule has 0 amide bonds. The molecule has 118 valence electrons. The van der Waals surface area contributed by atoms with E-state index in [-0.39, 0.29) is 24.5 Å². The summed E-state index contributed by atoms with van der Waals surface area (Å²) in [6.07, 6.45) is -0.0927. The van der Waals surface area contributed by atoms with Crippen LogP contribution in [0.4, 0.5) is 0 Å². The molecule has 1 atom stereocenters. The van der Waals surface area contributed by atoms with Crippen LogP contribution in [0.1, 0.15) is 17.3 Å². The molecule has 0 saturated carbocycles. The average Bonchev–Trinajstić information content (AvgIpc) is 2.41. The second-order valence-electron chi connectivity index (χ2n) is 5.33. The van der Waals surface area contributed by atoms with Crippen molar-refractivity contribution in [1.82, 2.24) is 9.80 Å². The van der Waals surface area contributed by atoms with E-state index in [0.717, 1.165) is 37.2 Å². The number of halogens is 2. The highest BCUT2D eigenvalue weighted by atomic mass is 79.9. The van der Waals surface area contributed by atoms with E-state index >= 15 is 0 Å². The number of likely N-dealkylation sites (N-methyl/N-ethyl adjacent to an activating group) is 1. The molecule has 0 spiro atoms. The van der Waals surface area contributed by atoms with Crippen LogP contribution < -0.4 is 12.4 Å². The zero-order valence-electron chi connectivity index (χ0n) is 12.4. The summed E-state index contributed by atoms with van der Waals surface area (Å²) in [7, 11) is 2.13. The third kappa shape index (κ3) is 5.94. The Bertz CT molecular complexity index is 465. The van der Waals surface area contributed by atoms with Crippen molar-refractivity contribution in [3.8, 4) is 0 Å². The maximum atomic E-state index is 12.0. The highest BCUT2D eigenvalue weighted by molar-refractivity contribution is 9.10. The third-order valence-corrected chi connectivity index (χ3v) is 3.97. The second kappa shape index (κ2) is 8.73. The van der Waals surface area contributed by atoms with Gasteiger partial charge < -0.3 is 22.0 Å². The molecule has 1 aliphatic heterocycles. The van der Waals surface area contributed by atoms with Crippen molar-refractivity contribution < 1.29 is 21.9 Å². The molecule has 1 heterocycles. The largest absolute Gasteiger partial charge is 1.00 e. The molecular weight excluding hydrogens is 356 g/mol. The Labute approximate surface area is 141 Å². The SMILES string of the molecule is CC(CN1CCN(C)CC1)OC(=O)c1cccc(Br)c1.[Cl-]. The van der Waals surface area contributed by atoms with Gasteiger partial charge in [0.2, 0.25) is 0 Å². The van der Waals surface area contributed by atoms with Crippen molar-refractivity contribution in [1.29, 1.82) is 0 Å². The van der Waals surface area contributed by atoms with Crippen molar-refractivity contribution in [3.05, 3.63) is 34.3 Å². The van der Waals surface area contributed by atoms with Gasteiger partial charge in [-0.2, -0.15) is 0 Å². The van der Waals surface area contributed by atoms with E-state index < -0.39 is 0 Å². The Morgan fingerprint density at radius 2 is 2.00 bits per heavy atom. The minimum atomic E-state index is -0.257. The fourth-order valence-corrected chi connectivity index (χ4v) is 2.70. The lowest BCUT2D eigenvalue weighted by molar-refractivity contribution is -0.0000468. The fourth-order valence-electron chi connectivity index (χ4n) is 2.30. The van der Waals surface area contributed by atoms with Crippen LogP contribution >= 0.6 is 15.9 Å². The molecule has 0 radical (unpaired) electrons. The number of piperazine rings is 1. The van der Waals surface area contributed by atoms with Crippen molar-refractivity contribution >= 4 is 21.9 Å². The van der Waals surface area contributed by atoms with Gasteiger partial charge >= 0.3 is 5.97 Å². The molecule has 1 fully saturated rings. The van der Waals surface area contributed by atoms with Gasteiger partial charge in [0.05, 0.1) is 5.56 Å². The van der Waals surface area contributed by atoms with Crippen LogP contribution in [0.5, 0.6) is 0 Å². The molecular formula is C15H21BrClN2O2-. The number of rotatable bonds is 4. The van der Waals surface area contributed by atoms with Crippen molar-refractivity contribution in [2.75, 3.05) is 39.8 Å². The molecule has 1 unspecified atom stereocenters. The Kier molecular flexibility index (Phi) is 7.66. The van der Waals surface area contributed by atoms with E-state index in [4.69, 9.17) is 4.74 Å². The Hall–Kier alpha value is -0.620. The smallest absolute Gasteiger partial charge is 0.338 e. The van der Waals surface area contributed by atoms with E-state index in [1.165, 1.54) is 0 Å². The van der Waals surface area contributed by atoms with Gasteiger partial charge in [-0.15, -0.1) is 0 Å². The fraction of sp³-hybridized carbons (Fsp3) is 0.533. The minimum absolute atomic E-state index is 0. The molecule has 1 aliphatic rings. The number of esters is 1. The van der Waals surface area contributed by atoms with Gasteiger partial charge in [0, 0.05) is 37.2 Å². The first-order valence-corrected chi connectivity index (χ1v) is 7.71.